The Morgan fingerprint density at radius 3 is 2.59 bits per heavy atom. The third kappa shape index (κ3) is 3.29. The van der Waals surface area contributed by atoms with Crippen molar-refractivity contribution in [1.29, 1.82) is 0 Å². The first kappa shape index (κ1) is 13.2. The molecule has 5 nitrogen and oxygen atoms in total. The number of amides is 1. The number of carboxylic acid groups (broad SMARTS) is 1. The van der Waals surface area contributed by atoms with Crippen molar-refractivity contribution in [3.63, 3.8) is 0 Å². The molecule has 0 bridgehead atoms. The number of rotatable bonds is 4. The minimum Gasteiger partial charge on any atom is -0.478 e. The molecule has 17 heavy (non-hydrogen) atoms. The molecule has 1 amide bonds. The number of nitrogens with one attached hydrogen (secondary N) is 1. The Morgan fingerprint density at radius 2 is 2.12 bits per heavy atom. The molecule has 0 aliphatic heterocycles. The predicted molar refractivity (Wildman–Crippen MR) is 64.9 cm³/mol. The fraction of sp³-hybridized carbons (Fsp3) is 0.333. The summed E-state index contributed by atoms with van der Waals surface area (Å²) in [6, 6.07) is 4.15. The molecule has 1 aromatic rings. The van der Waals surface area contributed by atoms with E-state index in [1.165, 1.54) is 12.1 Å². The molecule has 0 radical (unpaired) electrons. The molecule has 1 atom stereocenters. The van der Waals surface area contributed by atoms with E-state index in [1.54, 1.807) is 19.9 Å². The average Bonchev–Trinajstić information content (AvgIpc) is 2.28. The molecule has 92 valence electrons. The number of hydrogen-bond acceptors (Lipinski definition) is 3. The van der Waals surface area contributed by atoms with Gasteiger partial charge in [0.15, 0.2) is 0 Å². The van der Waals surface area contributed by atoms with Crippen LogP contribution < -0.4 is 11.1 Å². The Hall–Kier alpha value is -1.88. The second-order valence-corrected chi connectivity index (χ2v) is 3.80. The van der Waals surface area contributed by atoms with Crippen molar-refractivity contribution >= 4 is 17.6 Å². The fourth-order valence-corrected chi connectivity index (χ4v) is 1.42. The summed E-state index contributed by atoms with van der Waals surface area (Å²) in [4.78, 5) is 22.1. The minimum atomic E-state index is -1.01. The molecule has 0 aromatic heterocycles. The van der Waals surface area contributed by atoms with E-state index in [0.29, 0.717) is 17.7 Å². The van der Waals surface area contributed by atoms with Gasteiger partial charge in [-0.3, -0.25) is 4.79 Å². The van der Waals surface area contributed by atoms with Gasteiger partial charge in [-0.05, 0) is 30.7 Å². The molecule has 0 saturated carbocycles. The van der Waals surface area contributed by atoms with Gasteiger partial charge in [0.25, 0.3) is 0 Å². The van der Waals surface area contributed by atoms with Crippen LogP contribution in [0.5, 0.6) is 0 Å². The number of hydrogen-bond donors (Lipinski definition) is 3. The number of aromatic carboxylic acids is 1. The maximum absolute atomic E-state index is 11.3. The molecule has 5 heteroatoms. The van der Waals surface area contributed by atoms with E-state index in [2.05, 4.69) is 5.32 Å². The molecule has 1 unspecified atom stereocenters. The molecular formula is C12H16N2O3. The van der Waals surface area contributed by atoms with Crippen LogP contribution in [0.4, 0.5) is 5.69 Å². The summed E-state index contributed by atoms with van der Waals surface area (Å²) in [6.45, 7) is 3.48. The lowest BCUT2D eigenvalue weighted by Gasteiger charge is -2.14. The summed E-state index contributed by atoms with van der Waals surface area (Å²) in [7, 11) is 0. The van der Waals surface area contributed by atoms with Crippen LogP contribution in [-0.4, -0.2) is 17.0 Å². The van der Waals surface area contributed by atoms with Crippen molar-refractivity contribution < 1.29 is 14.7 Å². The van der Waals surface area contributed by atoms with Gasteiger partial charge in [-0.2, -0.15) is 0 Å². The largest absolute Gasteiger partial charge is 0.478 e. The quantitative estimate of drug-likeness (QED) is 0.742. The number of anilines is 1. The van der Waals surface area contributed by atoms with Crippen LogP contribution in [0.1, 0.15) is 42.2 Å². The minimum absolute atomic E-state index is 0.130. The maximum atomic E-state index is 11.3. The number of carbonyl (C=O) groups is 2. The molecule has 0 saturated heterocycles. The third-order valence-corrected chi connectivity index (χ3v) is 2.38. The number of carbonyl (C=O) groups excluding carboxylic acids is 1. The van der Waals surface area contributed by atoms with Crippen molar-refractivity contribution in [1.82, 2.24) is 0 Å². The molecule has 0 fully saturated rings. The third-order valence-electron chi connectivity index (χ3n) is 2.38. The van der Waals surface area contributed by atoms with E-state index < -0.39 is 5.97 Å². The van der Waals surface area contributed by atoms with Gasteiger partial charge in [0.05, 0.1) is 5.56 Å². The molecule has 0 aliphatic carbocycles. The van der Waals surface area contributed by atoms with E-state index in [1.807, 2.05) is 0 Å². The normalized spacial score (nSPS) is 11.9. The van der Waals surface area contributed by atoms with Gasteiger partial charge in [-0.1, -0.05) is 6.92 Å². The van der Waals surface area contributed by atoms with Crippen molar-refractivity contribution in [3.05, 3.63) is 29.3 Å². The topological polar surface area (TPSA) is 92.4 Å². The zero-order valence-electron chi connectivity index (χ0n) is 9.86. The van der Waals surface area contributed by atoms with Gasteiger partial charge in [-0.25, -0.2) is 4.79 Å². The monoisotopic (exact) mass is 236 g/mol. The number of nitrogens with two attached hydrogens (primary N) is 1. The van der Waals surface area contributed by atoms with Gasteiger partial charge >= 0.3 is 5.97 Å². The van der Waals surface area contributed by atoms with E-state index >= 15 is 0 Å². The van der Waals surface area contributed by atoms with E-state index in [4.69, 9.17) is 10.8 Å². The van der Waals surface area contributed by atoms with Gasteiger partial charge in [-0.15, -0.1) is 0 Å². The number of carboxylic acids is 1. The molecule has 0 heterocycles. The molecule has 0 aliphatic rings. The summed E-state index contributed by atoms with van der Waals surface area (Å²) in [5.74, 6) is -1.14. The second kappa shape index (κ2) is 5.45. The molecule has 1 rings (SSSR count). The van der Waals surface area contributed by atoms with Crippen LogP contribution in [0.25, 0.3) is 0 Å². The Bertz CT molecular complexity index is 441. The smallest absolute Gasteiger partial charge is 0.335 e. The van der Waals surface area contributed by atoms with Crippen molar-refractivity contribution in [2.75, 3.05) is 5.32 Å². The highest BCUT2D eigenvalue weighted by atomic mass is 16.4. The first-order valence-electron chi connectivity index (χ1n) is 5.38. The summed E-state index contributed by atoms with van der Waals surface area (Å²) in [5, 5.41) is 11.6. The summed E-state index contributed by atoms with van der Waals surface area (Å²) in [6.07, 6.45) is 0.360. The zero-order chi connectivity index (χ0) is 13.0. The SMILES string of the molecule is CCC(=O)Nc1ccc(C(=O)O)cc1C(C)N. The highest BCUT2D eigenvalue weighted by molar-refractivity contribution is 5.93. The molecule has 1 aromatic carbocycles. The van der Waals surface area contributed by atoms with E-state index in [9.17, 15) is 9.59 Å². The Kier molecular flexibility index (Phi) is 4.23. The average molecular weight is 236 g/mol. The fourth-order valence-electron chi connectivity index (χ4n) is 1.42. The predicted octanol–water partition coefficient (Wildman–Crippen LogP) is 1.75. The second-order valence-electron chi connectivity index (χ2n) is 3.80. The van der Waals surface area contributed by atoms with Crippen molar-refractivity contribution in [2.45, 2.75) is 26.3 Å². The standard InChI is InChI=1S/C12H16N2O3/c1-3-11(15)14-10-5-4-8(12(16)17)6-9(10)7(2)13/h4-7H,3,13H2,1-2H3,(H,14,15)(H,16,17). The van der Waals surface area contributed by atoms with Crippen molar-refractivity contribution in [3.8, 4) is 0 Å². The number of benzene rings is 1. The first-order chi connectivity index (χ1) is 7.95. The van der Waals surface area contributed by atoms with Gasteiger partial charge < -0.3 is 16.2 Å². The lowest BCUT2D eigenvalue weighted by molar-refractivity contribution is -0.115. The van der Waals surface area contributed by atoms with E-state index in [-0.39, 0.29) is 17.5 Å². The van der Waals surface area contributed by atoms with E-state index in [0.717, 1.165) is 0 Å². The van der Waals surface area contributed by atoms with Crippen LogP contribution in [0.15, 0.2) is 18.2 Å². The van der Waals surface area contributed by atoms with Crippen LogP contribution in [0.3, 0.4) is 0 Å². The highest BCUT2D eigenvalue weighted by Crippen LogP contribution is 2.23. The van der Waals surface area contributed by atoms with Gasteiger partial charge in [0.2, 0.25) is 5.91 Å². The van der Waals surface area contributed by atoms with Gasteiger partial charge in [0, 0.05) is 18.2 Å². The zero-order valence-corrected chi connectivity index (χ0v) is 9.86. The Morgan fingerprint density at radius 1 is 1.47 bits per heavy atom. The molecule has 4 N–H and O–H groups in total. The maximum Gasteiger partial charge on any atom is 0.335 e. The Balaban J connectivity index is 3.13. The van der Waals surface area contributed by atoms with Crippen LogP contribution >= 0.6 is 0 Å². The summed E-state index contributed by atoms with van der Waals surface area (Å²) < 4.78 is 0. The lowest BCUT2D eigenvalue weighted by atomic mass is 10.0. The highest BCUT2D eigenvalue weighted by Gasteiger charge is 2.12. The Labute approximate surface area is 99.6 Å². The van der Waals surface area contributed by atoms with Crippen molar-refractivity contribution in [2.24, 2.45) is 5.73 Å². The van der Waals surface area contributed by atoms with Crippen LogP contribution in [0.2, 0.25) is 0 Å². The molecular weight excluding hydrogens is 220 g/mol. The molecule has 0 spiro atoms. The van der Waals surface area contributed by atoms with Gasteiger partial charge in [0.1, 0.15) is 0 Å². The lowest BCUT2D eigenvalue weighted by Crippen LogP contribution is -2.15. The first-order valence-corrected chi connectivity index (χ1v) is 5.38. The summed E-state index contributed by atoms with van der Waals surface area (Å²) >= 11 is 0. The summed E-state index contributed by atoms with van der Waals surface area (Å²) in [5.41, 5.74) is 7.10. The van der Waals surface area contributed by atoms with Crippen LogP contribution in [0, 0.1) is 0 Å². The van der Waals surface area contributed by atoms with Crippen LogP contribution in [-0.2, 0) is 4.79 Å².